The van der Waals surface area contributed by atoms with Crippen LogP contribution in [0, 0.1) is 5.92 Å². The first-order valence-corrected chi connectivity index (χ1v) is 11.5. The van der Waals surface area contributed by atoms with Crippen LogP contribution >= 0.6 is 0 Å². The zero-order valence-electron chi connectivity index (χ0n) is 19.4. The number of carbonyl (C=O) groups is 1. The van der Waals surface area contributed by atoms with Crippen molar-refractivity contribution in [2.24, 2.45) is 5.92 Å². The quantitative estimate of drug-likeness (QED) is 0.533. The average Bonchev–Trinajstić information content (AvgIpc) is 2.88. The van der Waals surface area contributed by atoms with Crippen LogP contribution in [0.25, 0.3) is 0 Å². The Hall–Kier alpha value is -3.31. The summed E-state index contributed by atoms with van der Waals surface area (Å²) in [7, 11) is 3.33. The SMILES string of the molecule is COc1cc(CN2C[C@@H](C(=O)NCc3ccccc3)CC[C@H]2c2ccccc2)cc(OC)c1. The second-order valence-electron chi connectivity index (χ2n) is 8.55. The van der Waals surface area contributed by atoms with Gasteiger partial charge in [-0.15, -0.1) is 0 Å². The summed E-state index contributed by atoms with van der Waals surface area (Å²) in [5.74, 6) is 1.63. The van der Waals surface area contributed by atoms with E-state index < -0.39 is 0 Å². The van der Waals surface area contributed by atoms with Crippen LogP contribution in [0.1, 0.15) is 35.6 Å². The number of benzene rings is 3. The first kappa shape index (κ1) is 22.9. The van der Waals surface area contributed by atoms with Crippen LogP contribution in [0.3, 0.4) is 0 Å². The highest BCUT2D eigenvalue weighted by molar-refractivity contribution is 5.79. The summed E-state index contributed by atoms with van der Waals surface area (Å²) >= 11 is 0. The molecule has 0 saturated carbocycles. The monoisotopic (exact) mass is 444 g/mol. The van der Waals surface area contributed by atoms with Gasteiger partial charge in [-0.1, -0.05) is 60.7 Å². The van der Waals surface area contributed by atoms with Gasteiger partial charge in [-0.25, -0.2) is 0 Å². The lowest BCUT2D eigenvalue weighted by atomic mass is 9.88. The molecule has 4 rings (SSSR count). The predicted molar refractivity (Wildman–Crippen MR) is 130 cm³/mol. The molecule has 0 aromatic heterocycles. The molecule has 1 aliphatic rings. The van der Waals surface area contributed by atoms with Crippen molar-refractivity contribution in [2.75, 3.05) is 20.8 Å². The molecule has 1 N–H and O–H groups in total. The molecule has 5 heteroatoms. The Balaban J connectivity index is 1.51. The summed E-state index contributed by atoms with van der Waals surface area (Å²) in [6.45, 7) is 1.99. The van der Waals surface area contributed by atoms with Gasteiger partial charge in [0.05, 0.1) is 20.1 Å². The second-order valence-corrected chi connectivity index (χ2v) is 8.55. The Morgan fingerprint density at radius 2 is 1.52 bits per heavy atom. The van der Waals surface area contributed by atoms with Crippen LogP contribution in [0.5, 0.6) is 11.5 Å². The molecule has 33 heavy (non-hydrogen) atoms. The van der Waals surface area contributed by atoms with E-state index >= 15 is 0 Å². The van der Waals surface area contributed by atoms with E-state index in [1.165, 1.54) is 5.56 Å². The fourth-order valence-electron chi connectivity index (χ4n) is 4.61. The lowest BCUT2D eigenvalue weighted by Gasteiger charge is -2.39. The minimum absolute atomic E-state index is 0.0406. The van der Waals surface area contributed by atoms with E-state index in [1.54, 1.807) is 14.2 Å². The van der Waals surface area contributed by atoms with Crippen LogP contribution in [-0.2, 0) is 17.9 Å². The Labute approximate surface area is 196 Å². The molecule has 5 nitrogen and oxygen atoms in total. The maximum Gasteiger partial charge on any atom is 0.224 e. The highest BCUT2D eigenvalue weighted by Crippen LogP contribution is 2.35. The van der Waals surface area contributed by atoms with E-state index in [-0.39, 0.29) is 17.9 Å². The Bertz CT molecular complexity index is 1020. The number of ether oxygens (including phenoxy) is 2. The van der Waals surface area contributed by atoms with Crippen LogP contribution < -0.4 is 14.8 Å². The van der Waals surface area contributed by atoms with Crippen LogP contribution in [-0.4, -0.2) is 31.6 Å². The van der Waals surface area contributed by atoms with Gasteiger partial charge >= 0.3 is 0 Å². The van der Waals surface area contributed by atoms with E-state index in [1.807, 2.05) is 54.6 Å². The van der Waals surface area contributed by atoms with Gasteiger partial charge in [0.1, 0.15) is 11.5 Å². The van der Waals surface area contributed by atoms with Gasteiger partial charge in [0.15, 0.2) is 0 Å². The van der Waals surface area contributed by atoms with Crippen LogP contribution in [0.4, 0.5) is 0 Å². The maximum absolute atomic E-state index is 13.0. The lowest BCUT2D eigenvalue weighted by molar-refractivity contribution is -0.127. The van der Waals surface area contributed by atoms with E-state index in [9.17, 15) is 4.79 Å². The minimum Gasteiger partial charge on any atom is -0.497 e. The summed E-state index contributed by atoms with van der Waals surface area (Å²) in [4.78, 5) is 15.5. The number of piperidine rings is 1. The number of rotatable bonds is 8. The third-order valence-corrected chi connectivity index (χ3v) is 6.35. The molecule has 0 unspecified atom stereocenters. The zero-order chi connectivity index (χ0) is 23.0. The molecular formula is C28H32N2O3. The third kappa shape index (κ3) is 5.93. The number of hydrogen-bond donors (Lipinski definition) is 1. The molecule has 0 bridgehead atoms. The normalized spacial score (nSPS) is 18.5. The molecule has 2 atom stereocenters. The Morgan fingerprint density at radius 3 is 2.15 bits per heavy atom. The molecule has 1 saturated heterocycles. The van der Waals surface area contributed by atoms with Gasteiger partial charge in [0.25, 0.3) is 0 Å². The number of nitrogens with one attached hydrogen (secondary N) is 1. The number of methoxy groups -OCH3 is 2. The van der Waals surface area contributed by atoms with Crippen molar-refractivity contribution in [3.05, 3.63) is 95.6 Å². The standard InChI is InChI=1S/C28H32N2O3/c1-32-25-15-22(16-26(17-25)33-2)19-30-20-24(13-14-27(30)23-11-7-4-8-12-23)28(31)29-18-21-9-5-3-6-10-21/h3-12,15-17,24,27H,13-14,18-20H2,1-2H3,(H,29,31)/t24-,27-/m0/s1. The van der Waals surface area contributed by atoms with Crippen molar-refractivity contribution in [1.82, 2.24) is 10.2 Å². The van der Waals surface area contributed by atoms with Crippen LogP contribution in [0.2, 0.25) is 0 Å². The first-order chi connectivity index (χ1) is 16.2. The zero-order valence-corrected chi connectivity index (χ0v) is 19.4. The predicted octanol–water partition coefficient (Wildman–Crippen LogP) is 4.97. The molecule has 1 amide bonds. The third-order valence-electron chi connectivity index (χ3n) is 6.35. The molecule has 0 spiro atoms. The molecule has 1 heterocycles. The van der Waals surface area contributed by atoms with E-state index in [2.05, 4.69) is 34.5 Å². The highest BCUT2D eigenvalue weighted by Gasteiger charge is 2.33. The fourth-order valence-corrected chi connectivity index (χ4v) is 4.61. The summed E-state index contributed by atoms with van der Waals surface area (Å²) in [5.41, 5.74) is 3.51. The first-order valence-electron chi connectivity index (χ1n) is 11.5. The molecule has 172 valence electrons. The van der Waals surface area contributed by atoms with E-state index in [0.29, 0.717) is 13.1 Å². The van der Waals surface area contributed by atoms with Gasteiger partial charge in [-0.05, 0) is 41.7 Å². The van der Waals surface area contributed by atoms with E-state index in [4.69, 9.17) is 9.47 Å². The highest BCUT2D eigenvalue weighted by atomic mass is 16.5. The molecule has 1 aliphatic heterocycles. The molecule has 0 radical (unpaired) electrons. The van der Waals surface area contributed by atoms with Gasteiger partial charge in [0.2, 0.25) is 5.91 Å². The number of nitrogens with zero attached hydrogens (tertiary/aromatic N) is 1. The smallest absolute Gasteiger partial charge is 0.224 e. The molecule has 1 fully saturated rings. The largest absolute Gasteiger partial charge is 0.497 e. The summed E-state index contributed by atoms with van der Waals surface area (Å²) < 4.78 is 10.9. The topological polar surface area (TPSA) is 50.8 Å². The minimum atomic E-state index is -0.0406. The van der Waals surface area contributed by atoms with Crippen molar-refractivity contribution in [1.29, 1.82) is 0 Å². The van der Waals surface area contributed by atoms with Crippen molar-refractivity contribution in [2.45, 2.75) is 32.0 Å². The average molecular weight is 445 g/mol. The number of amides is 1. The Morgan fingerprint density at radius 1 is 0.879 bits per heavy atom. The molecule has 0 aliphatic carbocycles. The lowest BCUT2D eigenvalue weighted by Crippen LogP contribution is -2.44. The fraction of sp³-hybridized carbons (Fsp3) is 0.321. The molecule has 3 aromatic carbocycles. The number of carbonyl (C=O) groups excluding carboxylic acids is 1. The number of likely N-dealkylation sites (tertiary alicyclic amines) is 1. The number of hydrogen-bond acceptors (Lipinski definition) is 4. The van der Waals surface area contributed by atoms with Crippen LogP contribution in [0.15, 0.2) is 78.9 Å². The van der Waals surface area contributed by atoms with Crippen molar-refractivity contribution < 1.29 is 14.3 Å². The van der Waals surface area contributed by atoms with E-state index in [0.717, 1.165) is 42.0 Å². The van der Waals surface area contributed by atoms with Gasteiger partial charge in [-0.3, -0.25) is 9.69 Å². The summed E-state index contributed by atoms with van der Waals surface area (Å²) in [6, 6.07) is 26.9. The molecule has 3 aromatic rings. The van der Waals surface area contributed by atoms with Crippen molar-refractivity contribution in [3.63, 3.8) is 0 Å². The van der Waals surface area contributed by atoms with Gasteiger partial charge in [0, 0.05) is 31.7 Å². The van der Waals surface area contributed by atoms with Gasteiger partial charge in [-0.2, -0.15) is 0 Å². The maximum atomic E-state index is 13.0. The summed E-state index contributed by atoms with van der Waals surface area (Å²) in [6.07, 6.45) is 1.81. The summed E-state index contributed by atoms with van der Waals surface area (Å²) in [5, 5.41) is 3.14. The van der Waals surface area contributed by atoms with Crippen molar-refractivity contribution in [3.8, 4) is 11.5 Å². The Kier molecular flexibility index (Phi) is 7.63. The molecular weight excluding hydrogens is 412 g/mol. The van der Waals surface area contributed by atoms with Gasteiger partial charge < -0.3 is 14.8 Å². The van der Waals surface area contributed by atoms with Crippen molar-refractivity contribution >= 4 is 5.91 Å². The second kappa shape index (κ2) is 11.0.